The quantitative estimate of drug-likeness (QED) is 0.447. The second-order valence-electron chi connectivity index (χ2n) is 4.98. The van der Waals surface area contributed by atoms with Gasteiger partial charge in [-0.1, -0.05) is 57.3 Å². The Morgan fingerprint density at radius 2 is 1.86 bits per heavy atom. The molecule has 0 saturated carbocycles. The molecule has 0 heterocycles. The van der Waals surface area contributed by atoms with Crippen molar-refractivity contribution in [3.8, 4) is 0 Å². The summed E-state index contributed by atoms with van der Waals surface area (Å²) in [5.74, 6) is 0. The summed E-state index contributed by atoms with van der Waals surface area (Å²) in [7, 11) is 1.96. The van der Waals surface area contributed by atoms with Crippen LogP contribution in [-0.4, -0.2) is 24.8 Å². The summed E-state index contributed by atoms with van der Waals surface area (Å²) in [4.78, 5) is 6.35. The van der Waals surface area contributed by atoms with E-state index in [-0.39, 0.29) is 0 Å². The Bertz CT molecular complexity index is 686. The van der Waals surface area contributed by atoms with Gasteiger partial charge >= 0.3 is 0 Å². The largest absolute Gasteiger partial charge is 0.366 e. The molecular weight excluding hydrogens is 383 g/mol. The van der Waals surface area contributed by atoms with Crippen LogP contribution in [0.5, 0.6) is 0 Å². The smallest absolute Gasteiger partial charge is 0.0910 e. The van der Waals surface area contributed by atoms with Crippen LogP contribution in [0.25, 0.3) is 0 Å². The lowest BCUT2D eigenvalue weighted by atomic mass is 10.0. The Morgan fingerprint density at radius 1 is 1.14 bits per heavy atom. The molecule has 0 unspecified atom stereocenters. The minimum absolute atomic E-state index is 0.604. The van der Waals surface area contributed by atoms with Gasteiger partial charge in [0.05, 0.1) is 17.0 Å². The monoisotopic (exact) mass is 398 g/mol. The van der Waals surface area contributed by atoms with E-state index in [1.54, 1.807) is 6.34 Å². The zero-order valence-electron chi connectivity index (χ0n) is 12.5. The number of aliphatic imine (C=N–C) groups is 1. The van der Waals surface area contributed by atoms with E-state index in [0.29, 0.717) is 15.7 Å². The third kappa shape index (κ3) is 4.48. The van der Waals surface area contributed by atoms with E-state index < -0.39 is 0 Å². The Labute approximate surface area is 149 Å². The van der Waals surface area contributed by atoms with E-state index in [0.717, 1.165) is 23.0 Å². The molecule has 0 amide bonds. The van der Waals surface area contributed by atoms with Gasteiger partial charge in [0.2, 0.25) is 0 Å². The molecule has 5 heteroatoms. The average molecular weight is 400 g/mol. The Hall–Kier alpha value is -1.03. The topological polar surface area (TPSA) is 15.6 Å². The molecule has 0 N–H and O–H groups in total. The molecule has 22 heavy (non-hydrogen) atoms. The molecule has 0 atom stereocenters. The van der Waals surface area contributed by atoms with Crippen LogP contribution in [-0.2, 0) is 6.42 Å². The van der Waals surface area contributed by atoms with Crippen molar-refractivity contribution in [3.05, 3.63) is 62.0 Å². The normalized spacial score (nSPS) is 11.1. The van der Waals surface area contributed by atoms with Crippen LogP contribution in [0, 0.1) is 0 Å². The van der Waals surface area contributed by atoms with Gasteiger partial charge in [-0.15, -0.1) is 0 Å². The summed E-state index contributed by atoms with van der Waals surface area (Å²) < 4.78 is 1.06. The highest BCUT2D eigenvalue weighted by Crippen LogP contribution is 2.33. The molecule has 0 aliphatic carbocycles. The summed E-state index contributed by atoms with van der Waals surface area (Å²) in [5, 5.41) is 1.28. The van der Waals surface area contributed by atoms with E-state index in [9.17, 15) is 0 Å². The lowest BCUT2D eigenvalue weighted by Gasteiger charge is -2.11. The Morgan fingerprint density at radius 3 is 2.55 bits per heavy atom. The van der Waals surface area contributed by atoms with Crippen LogP contribution in [0.1, 0.15) is 18.1 Å². The van der Waals surface area contributed by atoms with Crippen LogP contribution in [0.4, 0.5) is 5.69 Å². The molecule has 2 rings (SSSR count). The first-order valence-corrected chi connectivity index (χ1v) is 8.52. The van der Waals surface area contributed by atoms with Gasteiger partial charge in [0.25, 0.3) is 0 Å². The fraction of sp³-hybridized carbons (Fsp3) is 0.235. The second kappa shape index (κ2) is 8.00. The van der Waals surface area contributed by atoms with Crippen molar-refractivity contribution in [1.29, 1.82) is 0 Å². The van der Waals surface area contributed by atoms with E-state index in [4.69, 9.17) is 23.2 Å². The molecule has 0 aliphatic heterocycles. The number of benzene rings is 2. The van der Waals surface area contributed by atoms with Gasteiger partial charge in [0, 0.05) is 29.5 Å². The first-order chi connectivity index (χ1) is 10.5. The summed E-state index contributed by atoms with van der Waals surface area (Å²) in [5.41, 5.74) is 2.84. The van der Waals surface area contributed by atoms with Crippen molar-refractivity contribution in [3.63, 3.8) is 0 Å². The first-order valence-electron chi connectivity index (χ1n) is 6.97. The Kier molecular flexibility index (Phi) is 6.30. The standard InChI is InChI=1S/C17H17BrCl2N2/c1-3-22(2)11-21-17-10-15(19)13(9-16(17)20)8-12-6-4-5-7-14(12)18/h4-7,9-11H,3,8H2,1-2H3. The van der Waals surface area contributed by atoms with Crippen molar-refractivity contribution < 1.29 is 0 Å². The minimum Gasteiger partial charge on any atom is -0.366 e. The number of hydrogen-bond donors (Lipinski definition) is 0. The fourth-order valence-electron chi connectivity index (χ4n) is 1.90. The van der Waals surface area contributed by atoms with E-state index >= 15 is 0 Å². The average Bonchev–Trinajstić information content (AvgIpc) is 2.51. The van der Waals surface area contributed by atoms with Gasteiger partial charge in [-0.25, -0.2) is 4.99 Å². The molecule has 0 saturated heterocycles. The van der Waals surface area contributed by atoms with Crippen LogP contribution in [0.15, 0.2) is 45.9 Å². The van der Waals surface area contributed by atoms with Crippen LogP contribution in [0.3, 0.4) is 0 Å². The number of halogens is 3. The van der Waals surface area contributed by atoms with Crippen molar-refractivity contribution >= 4 is 51.2 Å². The third-order valence-electron chi connectivity index (χ3n) is 3.35. The minimum atomic E-state index is 0.604. The molecule has 2 nitrogen and oxygen atoms in total. The van der Waals surface area contributed by atoms with E-state index in [2.05, 4.69) is 33.9 Å². The Balaban J connectivity index is 2.27. The number of nitrogens with zero attached hydrogens (tertiary/aromatic N) is 2. The van der Waals surface area contributed by atoms with Gasteiger partial charge in [0.1, 0.15) is 0 Å². The SMILES string of the molecule is CCN(C)C=Nc1cc(Cl)c(Cc2ccccc2Br)cc1Cl. The van der Waals surface area contributed by atoms with Crippen molar-refractivity contribution in [1.82, 2.24) is 4.90 Å². The van der Waals surface area contributed by atoms with E-state index in [1.807, 2.05) is 42.3 Å². The predicted octanol–water partition coefficient (Wildman–Crippen LogP) is 5.96. The van der Waals surface area contributed by atoms with Gasteiger partial charge in [0.15, 0.2) is 0 Å². The van der Waals surface area contributed by atoms with Gasteiger partial charge in [-0.05, 0) is 36.2 Å². The fourth-order valence-corrected chi connectivity index (χ4v) is 2.79. The van der Waals surface area contributed by atoms with Crippen LogP contribution >= 0.6 is 39.1 Å². The maximum absolute atomic E-state index is 6.39. The summed E-state index contributed by atoms with van der Waals surface area (Å²) in [6.07, 6.45) is 2.48. The molecule has 0 aliphatic rings. The van der Waals surface area contributed by atoms with Crippen molar-refractivity contribution in [2.75, 3.05) is 13.6 Å². The zero-order chi connectivity index (χ0) is 16.1. The molecule has 2 aromatic carbocycles. The maximum atomic E-state index is 6.39. The lowest BCUT2D eigenvalue weighted by Crippen LogP contribution is -2.14. The summed E-state index contributed by atoms with van der Waals surface area (Å²) in [6.45, 7) is 2.94. The lowest BCUT2D eigenvalue weighted by molar-refractivity contribution is 0.552. The maximum Gasteiger partial charge on any atom is 0.0910 e. The zero-order valence-corrected chi connectivity index (χ0v) is 15.6. The second-order valence-corrected chi connectivity index (χ2v) is 6.65. The summed E-state index contributed by atoms with van der Waals surface area (Å²) in [6, 6.07) is 11.8. The van der Waals surface area contributed by atoms with Crippen LogP contribution in [0.2, 0.25) is 10.0 Å². The molecule has 0 aromatic heterocycles. The number of rotatable bonds is 5. The van der Waals surface area contributed by atoms with Gasteiger partial charge in [-0.3, -0.25) is 0 Å². The van der Waals surface area contributed by atoms with Gasteiger partial charge < -0.3 is 4.90 Å². The highest BCUT2D eigenvalue weighted by Gasteiger charge is 2.09. The number of hydrogen-bond acceptors (Lipinski definition) is 1. The molecule has 0 radical (unpaired) electrons. The molecule has 0 spiro atoms. The molecule has 0 fully saturated rings. The molecule has 0 bridgehead atoms. The van der Waals surface area contributed by atoms with Gasteiger partial charge in [-0.2, -0.15) is 0 Å². The molecule has 2 aromatic rings. The summed E-state index contributed by atoms with van der Waals surface area (Å²) >= 11 is 16.3. The van der Waals surface area contributed by atoms with Crippen molar-refractivity contribution in [2.24, 2.45) is 4.99 Å². The third-order valence-corrected chi connectivity index (χ3v) is 4.78. The molecule has 116 valence electrons. The van der Waals surface area contributed by atoms with Crippen molar-refractivity contribution in [2.45, 2.75) is 13.3 Å². The highest BCUT2D eigenvalue weighted by molar-refractivity contribution is 9.10. The van der Waals surface area contributed by atoms with Crippen LogP contribution < -0.4 is 0 Å². The van der Waals surface area contributed by atoms with E-state index in [1.165, 1.54) is 5.56 Å². The first kappa shape index (κ1) is 17.3. The molecular formula is C17H17BrCl2N2. The predicted molar refractivity (Wildman–Crippen MR) is 99.9 cm³/mol. The highest BCUT2D eigenvalue weighted by atomic mass is 79.9.